The maximum Gasteiger partial charge on any atom is 0.264 e. The molecule has 0 saturated carbocycles. The lowest BCUT2D eigenvalue weighted by atomic mass is 10.1. The Labute approximate surface area is 166 Å². The molecular weight excluding hydrogens is 394 g/mol. The third-order valence-electron chi connectivity index (χ3n) is 4.94. The average Bonchev–Trinajstić information content (AvgIpc) is 3.37. The van der Waals surface area contributed by atoms with Crippen LogP contribution in [0.15, 0.2) is 75.5 Å². The summed E-state index contributed by atoms with van der Waals surface area (Å²) in [5.41, 5.74) is 2.48. The highest BCUT2D eigenvalue weighted by Crippen LogP contribution is 2.40. The molecule has 1 aliphatic rings. The summed E-state index contributed by atoms with van der Waals surface area (Å²) >= 11 is 1.66. The number of benzene rings is 2. The summed E-state index contributed by atoms with van der Waals surface area (Å²) in [6, 6.07) is 12.9. The van der Waals surface area contributed by atoms with Crippen LogP contribution in [-0.2, 0) is 17.1 Å². The number of hydrogen-bond donors (Lipinski definition) is 0. The quantitative estimate of drug-likeness (QED) is 0.507. The molecule has 0 atom stereocenters. The monoisotopic (exact) mass is 411 g/mol. The molecule has 0 radical (unpaired) electrons. The minimum Gasteiger partial charge on any atom is -0.444 e. The third-order valence-corrected chi connectivity index (χ3v) is 7.79. The highest BCUT2D eigenvalue weighted by molar-refractivity contribution is 8.00. The Bertz CT molecular complexity index is 1280. The summed E-state index contributed by atoms with van der Waals surface area (Å²) in [6.07, 6.45) is 4.92. The van der Waals surface area contributed by atoms with Crippen molar-refractivity contribution in [2.45, 2.75) is 9.79 Å². The number of aromatic nitrogens is 2. The number of nitrogens with zero attached hydrogens (tertiary/aromatic N) is 3. The number of aryl methyl sites for hydroxylation is 1. The van der Waals surface area contributed by atoms with Crippen molar-refractivity contribution in [2.75, 3.05) is 16.6 Å². The number of rotatable bonds is 3. The van der Waals surface area contributed by atoms with Gasteiger partial charge in [0.15, 0.2) is 12.2 Å². The van der Waals surface area contributed by atoms with Gasteiger partial charge in [0.05, 0.1) is 16.8 Å². The number of anilines is 1. The fourth-order valence-electron chi connectivity index (χ4n) is 3.50. The molecule has 1 aliphatic heterocycles. The summed E-state index contributed by atoms with van der Waals surface area (Å²) < 4.78 is 35.8. The predicted octanol–water partition coefficient (Wildman–Crippen LogP) is 4.13. The molecule has 2 aromatic heterocycles. The van der Waals surface area contributed by atoms with Gasteiger partial charge in [-0.1, -0.05) is 0 Å². The Morgan fingerprint density at radius 3 is 2.86 bits per heavy atom. The molecular formula is C20H17N3O3S2. The second-order valence-corrected chi connectivity index (χ2v) is 9.62. The van der Waals surface area contributed by atoms with Crippen molar-refractivity contribution in [3.05, 3.63) is 61.3 Å². The molecule has 28 heavy (non-hydrogen) atoms. The first kappa shape index (κ1) is 17.4. The SMILES string of the molecule is Cn1ccc2cc(S(=O)(=O)N3CCSc4ccc(-c5cnco5)cc43)ccc21. The van der Waals surface area contributed by atoms with E-state index in [0.717, 1.165) is 21.4 Å². The Morgan fingerprint density at radius 2 is 2.04 bits per heavy atom. The first-order valence-electron chi connectivity index (χ1n) is 8.77. The lowest BCUT2D eigenvalue weighted by molar-refractivity contribution is 0.571. The van der Waals surface area contributed by atoms with Crippen LogP contribution in [0, 0.1) is 0 Å². The normalized spacial score (nSPS) is 14.4. The highest BCUT2D eigenvalue weighted by Gasteiger charge is 2.30. The molecule has 4 aromatic rings. The lowest BCUT2D eigenvalue weighted by Crippen LogP contribution is -2.35. The number of hydrogen-bond acceptors (Lipinski definition) is 5. The van der Waals surface area contributed by atoms with Gasteiger partial charge in [-0.15, -0.1) is 11.8 Å². The van der Waals surface area contributed by atoms with Gasteiger partial charge >= 0.3 is 0 Å². The molecule has 0 N–H and O–H groups in total. The van der Waals surface area contributed by atoms with Gasteiger partial charge in [-0.05, 0) is 42.5 Å². The molecule has 0 aliphatic carbocycles. The zero-order valence-electron chi connectivity index (χ0n) is 15.1. The fraction of sp³-hybridized carbons (Fsp3) is 0.150. The van der Waals surface area contributed by atoms with Crippen molar-refractivity contribution in [1.29, 1.82) is 0 Å². The highest BCUT2D eigenvalue weighted by atomic mass is 32.2. The van der Waals surface area contributed by atoms with E-state index < -0.39 is 10.0 Å². The van der Waals surface area contributed by atoms with Gasteiger partial charge < -0.3 is 8.98 Å². The Balaban J connectivity index is 1.62. The van der Waals surface area contributed by atoms with Crippen LogP contribution in [0.3, 0.4) is 0 Å². The largest absolute Gasteiger partial charge is 0.444 e. The van der Waals surface area contributed by atoms with Crippen LogP contribution in [0.4, 0.5) is 5.69 Å². The summed E-state index contributed by atoms with van der Waals surface area (Å²) in [5.74, 6) is 1.32. The van der Waals surface area contributed by atoms with E-state index in [9.17, 15) is 8.42 Å². The zero-order valence-corrected chi connectivity index (χ0v) is 16.7. The molecule has 8 heteroatoms. The molecule has 3 heterocycles. The Morgan fingerprint density at radius 1 is 1.14 bits per heavy atom. The Kier molecular flexibility index (Phi) is 3.99. The van der Waals surface area contributed by atoms with Gasteiger partial charge in [0.25, 0.3) is 10.0 Å². The van der Waals surface area contributed by atoms with Crippen molar-refractivity contribution in [3.8, 4) is 11.3 Å². The topological polar surface area (TPSA) is 68.3 Å². The van der Waals surface area contributed by atoms with Crippen molar-refractivity contribution in [2.24, 2.45) is 7.05 Å². The molecule has 0 fully saturated rings. The maximum absolute atomic E-state index is 13.5. The van der Waals surface area contributed by atoms with Crippen LogP contribution in [0.1, 0.15) is 0 Å². The molecule has 2 aromatic carbocycles. The van der Waals surface area contributed by atoms with Crippen LogP contribution in [0.2, 0.25) is 0 Å². The van der Waals surface area contributed by atoms with Crippen molar-refractivity contribution in [1.82, 2.24) is 9.55 Å². The molecule has 5 rings (SSSR count). The van der Waals surface area contributed by atoms with Gasteiger partial charge in [0.2, 0.25) is 0 Å². The van der Waals surface area contributed by atoms with E-state index in [0.29, 0.717) is 28.6 Å². The minimum absolute atomic E-state index is 0.300. The van der Waals surface area contributed by atoms with E-state index >= 15 is 0 Å². The number of oxazole rings is 1. The minimum atomic E-state index is -3.68. The van der Waals surface area contributed by atoms with Crippen LogP contribution < -0.4 is 4.31 Å². The van der Waals surface area contributed by atoms with E-state index in [1.165, 1.54) is 10.7 Å². The summed E-state index contributed by atoms with van der Waals surface area (Å²) in [6.45, 7) is 0.423. The number of fused-ring (bicyclic) bond motifs is 2. The smallest absolute Gasteiger partial charge is 0.264 e. The average molecular weight is 412 g/mol. The number of thioether (sulfide) groups is 1. The van der Waals surface area contributed by atoms with Crippen LogP contribution >= 0.6 is 11.8 Å². The lowest BCUT2D eigenvalue weighted by Gasteiger charge is -2.30. The molecule has 0 amide bonds. The van der Waals surface area contributed by atoms with Crippen LogP contribution in [-0.4, -0.2) is 30.3 Å². The van der Waals surface area contributed by atoms with Crippen molar-refractivity contribution in [3.63, 3.8) is 0 Å². The maximum atomic E-state index is 13.5. The fourth-order valence-corrected chi connectivity index (χ4v) is 6.16. The van der Waals surface area contributed by atoms with Crippen molar-refractivity contribution >= 4 is 38.4 Å². The van der Waals surface area contributed by atoms with Crippen molar-refractivity contribution < 1.29 is 12.8 Å². The third kappa shape index (κ3) is 2.71. The molecule has 0 saturated heterocycles. The summed E-state index contributed by atoms with van der Waals surface area (Å²) in [7, 11) is -1.73. The van der Waals surface area contributed by atoms with Crippen LogP contribution in [0.25, 0.3) is 22.2 Å². The van der Waals surface area contributed by atoms with E-state index in [-0.39, 0.29) is 0 Å². The summed E-state index contributed by atoms with van der Waals surface area (Å²) in [4.78, 5) is 5.19. The van der Waals surface area contributed by atoms with Crippen LogP contribution in [0.5, 0.6) is 0 Å². The molecule has 0 bridgehead atoms. The first-order valence-corrected chi connectivity index (χ1v) is 11.2. The van der Waals surface area contributed by atoms with Gasteiger partial charge in [0.1, 0.15) is 0 Å². The van der Waals surface area contributed by atoms with E-state index in [4.69, 9.17) is 4.42 Å². The van der Waals surface area contributed by atoms with E-state index in [2.05, 4.69) is 4.98 Å². The first-order chi connectivity index (χ1) is 13.5. The van der Waals surface area contributed by atoms with Gasteiger partial charge in [-0.25, -0.2) is 13.4 Å². The van der Waals surface area contributed by atoms with E-state index in [1.807, 2.05) is 48.1 Å². The van der Waals surface area contributed by atoms with Gasteiger partial charge in [0, 0.05) is 46.9 Å². The van der Waals surface area contributed by atoms with Gasteiger partial charge in [-0.2, -0.15) is 0 Å². The standard InChI is InChI=1S/C20H17N3O3S2/c1-22-7-6-14-10-16(3-4-17(14)22)28(24,25)23-8-9-27-20-5-2-15(11-18(20)23)19-12-21-13-26-19/h2-7,10-13H,8-9H2,1H3. The molecule has 6 nitrogen and oxygen atoms in total. The van der Waals surface area contributed by atoms with E-state index in [1.54, 1.807) is 30.1 Å². The Hall–Kier alpha value is -2.71. The number of sulfonamides is 1. The molecule has 0 spiro atoms. The second-order valence-electron chi connectivity index (χ2n) is 6.62. The van der Waals surface area contributed by atoms with Gasteiger partial charge in [-0.3, -0.25) is 4.31 Å². The second kappa shape index (κ2) is 6.42. The predicted molar refractivity (Wildman–Crippen MR) is 110 cm³/mol. The summed E-state index contributed by atoms with van der Waals surface area (Å²) in [5, 5.41) is 0.908. The molecule has 142 valence electrons. The zero-order chi connectivity index (χ0) is 19.3. The molecule has 0 unspecified atom stereocenters.